The van der Waals surface area contributed by atoms with E-state index in [1.165, 1.54) is 5.56 Å². The van der Waals surface area contributed by atoms with Gasteiger partial charge in [-0.3, -0.25) is 4.79 Å². The number of hydrogen-bond acceptors (Lipinski definition) is 1. The maximum atomic E-state index is 11.2. The van der Waals surface area contributed by atoms with E-state index >= 15 is 0 Å². The van der Waals surface area contributed by atoms with Gasteiger partial charge in [0, 0.05) is 5.69 Å². The molecule has 76 valence electrons. The molecule has 0 aromatic heterocycles. The fourth-order valence-corrected chi connectivity index (χ4v) is 1.54. The lowest BCUT2D eigenvalue weighted by molar-refractivity contribution is -0.116. The first-order valence-electron chi connectivity index (χ1n) is 5.10. The highest BCUT2D eigenvalue weighted by Gasteiger charge is 2.25. The van der Waals surface area contributed by atoms with E-state index in [4.69, 9.17) is 0 Å². The molecule has 1 aliphatic rings. The summed E-state index contributed by atoms with van der Waals surface area (Å²) in [4.78, 5) is 11.2. The number of amides is 1. The van der Waals surface area contributed by atoms with Crippen LogP contribution < -0.4 is 5.32 Å². The molecule has 1 heterocycles. The molecule has 2 nitrogen and oxygen atoms in total. The highest BCUT2D eigenvalue weighted by Crippen LogP contribution is 2.32. The number of anilines is 1. The first kappa shape index (κ1) is 10.8. The van der Waals surface area contributed by atoms with E-state index in [-0.39, 0.29) is 11.8 Å². The van der Waals surface area contributed by atoms with Crippen molar-refractivity contribution in [2.75, 3.05) is 5.32 Å². The first-order chi connectivity index (χ1) is 6.68. The zero-order valence-electron chi connectivity index (χ0n) is 9.22. The minimum Gasteiger partial charge on any atom is -0.325 e. The van der Waals surface area contributed by atoms with Crippen LogP contribution in [-0.4, -0.2) is 5.91 Å². The SMILES string of the molecule is CC.Cc1ccc2c(c1)C(C)C(=O)N2. The molecule has 1 aliphatic heterocycles. The van der Waals surface area contributed by atoms with Gasteiger partial charge in [0.1, 0.15) is 0 Å². The van der Waals surface area contributed by atoms with Crippen LogP contribution in [0.25, 0.3) is 0 Å². The predicted molar refractivity (Wildman–Crippen MR) is 59.6 cm³/mol. The lowest BCUT2D eigenvalue weighted by Gasteiger charge is -2.00. The molecule has 0 bridgehead atoms. The van der Waals surface area contributed by atoms with Gasteiger partial charge in [0.2, 0.25) is 5.91 Å². The van der Waals surface area contributed by atoms with Crippen LogP contribution in [0.3, 0.4) is 0 Å². The number of carbonyl (C=O) groups is 1. The van der Waals surface area contributed by atoms with Gasteiger partial charge in [-0.15, -0.1) is 0 Å². The van der Waals surface area contributed by atoms with Gasteiger partial charge in [-0.25, -0.2) is 0 Å². The minimum absolute atomic E-state index is 0.0138. The third-order valence-corrected chi connectivity index (χ3v) is 2.32. The maximum absolute atomic E-state index is 11.2. The standard InChI is InChI=1S/C10H11NO.C2H6/c1-6-3-4-9-8(5-6)7(2)10(12)11-9;1-2/h3-5,7H,1-2H3,(H,11,12);1-2H3. The third kappa shape index (κ3) is 1.79. The molecule has 14 heavy (non-hydrogen) atoms. The van der Waals surface area contributed by atoms with Crippen molar-refractivity contribution in [3.8, 4) is 0 Å². The summed E-state index contributed by atoms with van der Waals surface area (Å²) in [6.07, 6.45) is 0. The van der Waals surface area contributed by atoms with Crippen LogP contribution in [0, 0.1) is 6.92 Å². The normalized spacial score (nSPS) is 18.0. The fourth-order valence-electron chi connectivity index (χ4n) is 1.54. The van der Waals surface area contributed by atoms with Gasteiger partial charge >= 0.3 is 0 Å². The van der Waals surface area contributed by atoms with Gasteiger partial charge in [-0.2, -0.15) is 0 Å². The Morgan fingerprint density at radius 2 is 1.93 bits per heavy atom. The molecular weight excluding hydrogens is 174 g/mol. The molecule has 0 saturated heterocycles. The smallest absolute Gasteiger partial charge is 0.231 e. The Bertz CT molecular complexity index is 344. The molecule has 1 aromatic carbocycles. The molecule has 0 aliphatic carbocycles. The van der Waals surface area contributed by atoms with E-state index in [0.29, 0.717) is 0 Å². The molecule has 0 fully saturated rings. The molecule has 1 aromatic rings. The lowest BCUT2D eigenvalue weighted by atomic mass is 10.0. The van der Waals surface area contributed by atoms with Crippen LogP contribution in [0.2, 0.25) is 0 Å². The average Bonchev–Trinajstić information content (AvgIpc) is 2.48. The zero-order valence-corrected chi connectivity index (χ0v) is 9.22. The van der Waals surface area contributed by atoms with E-state index in [1.54, 1.807) is 0 Å². The van der Waals surface area contributed by atoms with Crippen molar-refractivity contribution in [1.82, 2.24) is 0 Å². The van der Waals surface area contributed by atoms with E-state index in [2.05, 4.69) is 11.4 Å². The van der Waals surface area contributed by atoms with E-state index < -0.39 is 0 Å². The summed E-state index contributed by atoms with van der Waals surface area (Å²) in [7, 11) is 0. The average molecular weight is 191 g/mol. The lowest BCUT2D eigenvalue weighted by Crippen LogP contribution is -2.08. The van der Waals surface area contributed by atoms with E-state index in [0.717, 1.165) is 11.3 Å². The van der Waals surface area contributed by atoms with Gasteiger partial charge in [-0.05, 0) is 25.5 Å². The monoisotopic (exact) mass is 191 g/mol. The van der Waals surface area contributed by atoms with E-state index in [1.807, 2.05) is 39.8 Å². The summed E-state index contributed by atoms with van der Waals surface area (Å²) in [5, 5.41) is 2.84. The predicted octanol–water partition coefficient (Wildman–Crippen LogP) is 3.08. The summed E-state index contributed by atoms with van der Waals surface area (Å²) >= 11 is 0. The molecule has 1 unspecified atom stereocenters. The Morgan fingerprint density at radius 1 is 1.29 bits per heavy atom. The molecular formula is C12H17NO. The molecule has 0 spiro atoms. The zero-order chi connectivity index (χ0) is 10.7. The van der Waals surface area contributed by atoms with Gasteiger partial charge in [0.05, 0.1) is 5.92 Å². The second-order valence-corrected chi connectivity index (χ2v) is 3.30. The van der Waals surface area contributed by atoms with Crippen molar-refractivity contribution in [3.63, 3.8) is 0 Å². The molecule has 1 N–H and O–H groups in total. The summed E-state index contributed by atoms with van der Waals surface area (Å²) in [6.45, 7) is 7.97. The highest BCUT2D eigenvalue weighted by atomic mass is 16.2. The topological polar surface area (TPSA) is 29.1 Å². The van der Waals surface area contributed by atoms with Crippen LogP contribution in [0.1, 0.15) is 37.8 Å². The van der Waals surface area contributed by atoms with Crippen LogP contribution in [0.4, 0.5) is 5.69 Å². The number of carbonyl (C=O) groups excluding carboxylic acids is 1. The van der Waals surface area contributed by atoms with E-state index in [9.17, 15) is 4.79 Å². The Morgan fingerprint density at radius 3 is 2.57 bits per heavy atom. The Hall–Kier alpha value is -1.31. The Kier molecular flexibility index (Phi) is 3.28. The van der Waals surface area contributed by atoms with Crippen molar-refractivity contribution < 1.29 is 4.79 Å². The largest absolute Gasteiger partial charge is 0.325 e. The number of hydrogen-bond donors (Lipinski definition) is 1. The maximum Gasteiger partial charge on any atom is 0.231 e. The van der Waals surface area contributed by atoms with Gasteiger partial charge < -0.3 is 5.32 Å². The van der Waals surface area contributed by atoms with Gasteiger partial charge in [0.25, 0.3) is 0 Å². The van der Waals surface area contributed by atoms with Crippen molar-refractivity contribution in [2.24, 2.45) is 0 Å². The third-order valence-electron chi connectivity index (χ3n) is 2.32. The van der Waals surface area contributed by atoms with Gasteiger partial charge in [0.15, 0.2) is 0 Å². The molecule has 0 radical (unpaired) electrons. The molecule has 0 saturated carbocycles. The van der Waals surface area contributed by atoms with Crippen LogP contribution in [-0.2, 0) is 4.79 Å². The second kappa shape index (κ2) is 4.27. The van der Waals surface area contributed by atoms with Crippen molar-refractivity contribution in [1.29, 1.82) is 0 Å². The minimum atomic E-state index is 0.0138. The second-order valence-electron chi connectivity index (χ2n) is 3.30. The number of fused-ring (bicyclic) bond motifs is 1. The van der Waals surface area contributed by atoms with Crippen molar-refractivity contribution >= 4 is 11.6 Å². The van der Waals surface area contributed by atoms with Crippen molar-refractivity contribution in [2.45, 2.75) is 33.6 Å². The quantitative estimate of drug-likeness (QED) is 0.670. The summed E-state index contributed by atoms with van der Waals surface area (Å²) in [5.41, 5.74) is 3.30. The molecule has 1 amide bonds. The molecule has 1 atom stereocenters. The van der Waals surface area contributed by atoms with Gasteiger partial charge in [-0.1, -0.05) is 31.5 Å². The van der Waals surface area contributed by atoms with Crippen LogP contribution >= 0.6 is 0 Å². The molecule has 2 rings (SSSR count). The number of rotatable bonds is 0. The Balaban J connectivity index is 0.000000461. The summed E-state index contributed by atoms with van der Waals surface area (Å²) in [6, 6.07) is 6.04. The first-order valence-corrected chi connectivity index (χ1v) is 5.10. The Labute approximate surface area is 85.3 Å². The number of nitrogens with one attached hydrogen (secondary N) is 1. The van der Waals surface area contributed by atoms with Crippen molar-refractivity contribution in [3.05, 3.63) is 29.3 Å². The summed E-state index contributed by atoms with van der Waals surface area (Å²) < 4.78 is 0. The molecule has 2 heteroatoms. The van der Waals surface area contributed by atoms with Crippen LogP contribution in [0.5, 0.6) is 0 Å². The fraction of sp³-hybridized carbons (Fsp3) is 0.417. The highest BCUT2D eigenvalue weighted by molar-refractivity contribution is 6.02. The number of aryl methyl sites for hydroxylation is 1. The van der Waals surface area contributed by atoms with Crippen LogP contribution in [0.15, 0.2) is 18.2 Å². The number of benzene rings is 1. The summed E-state index contributed by atoms with van der Waals surface area (Å²) in [5.74, 6) is 0.121.